The molecule has 0 spiro atoms. The van der Waals surface area contributed by atoms with Gasteiger partial charge in [-0.2, -0.15) is 0 Å². The number of nitrogens with zero attached hydrogens (tertiary/aromatic N) is 2. The molecule has 0 aromatic heterocycles. The van der Waals surface area contributed by atoms with Gasteiger partial charge in [-0.3, -0.25) is 4.90 Å². The first-order valence-electron chi connectivity index (χ1n) is 8.00. The van der Waals surface area contributed by atoms with Gasteiger partial charge < -0.3 is 10.0 Å². The number of aromatic carboxylic acids is 1. The zero-order valence-electron chi connectivity index (χ0n) is 13.6. The summed E-state index contributed by atoms with van der Waals surface area (Å²) in [5.41, 5.74) is 3.11. The first kappa shape index (κ1) is 16.1. The van der Waals surface area contributed by atoms with Crippen LogP contribution >= 0.6 is 0 Å². The number of urea groups is 1. The molecular formula is C19H20N2O3. The van der Waals surface area contributed by atoms with Crippen LogP contribution in [0.5, 0.6) is 0 Å². The van der Waals surface area contributed by atoms with E-state index >= 15 is 0 Å². The van der Waals surface area contributed by atoms with Crippen LogP contribution in [0.4, 0.5) is 10.5 Å². The van der Waals surface area contributed by atoms with Gasteiger partial charge in [0.15, 0.2) is 0 Å². The van der Waals surface area contributed by atoms with Crippen LogP contribution in [0.25, 0.3) is 0 Å². The molecule has 5 heteroatoms. The topological polar surface area (TPSA) is 60.9 Å². The predicted molar refractivity (Wildman–Crippen MR) is 92.3 cm³/mol. The Labute approximate surface area is 141 Å². The van der Waals surface area contributed by atoms with Crippen molar-refractivity contribution in [3.63, 3.8) is 0 Å². The number of carboxylic acids is 1. The highest BCUT2D eigenvalue weighted by Gasteiger charge is 2.27. The van der Waals surface area contributed by atoms with E-state index in [4.69, 9.17) is 5.11 Å². The molecule has 1 aliphatic heterocycles. The van der Waals surface area contributed by atoms with Crippen molar-refractivity contribution in [2.45, 2.75) is 19.9 Å². The minimum atomic E-state index is -0.988. The summed E-state index contributed by atoms with van der Waals surface area (Å²) in [5.74, 6) is -0.988. The van der Waals surface area contributed by atoms with E-state index in [-0.39, 0.29) is 11.6 Å². The second kappa shape index (κ2) is 6.74. The Morgan fingerprint density at radius 1 is 1.12 bits per heavy atom. The van der Waals surface area contributed by atoms with Crippen LogP contribution in [0.3, 0.4) is 0 Å². The van der Waals surface area contributed by atoms with Crippen LogP contribution in [0.2, 0.25) is 0 Å². The Kier molecular flexibility index (Phi) is 4.51. The second-order valence-electron chi connectivity index (χ2n) is 6.05. The molecule has 5 nitrogen and oxygen atoms in total. The standard InChI is InChI=1S/C19H20N2O3/c1-14-6-8-15(9-7-14)13-20-10-3-11-21(19(20)24)17-5-2-4-16(12-17)18(22)23/h2,4-9,12H,3,10-11,13H2,1H3,(H,22,23). The van der Waals surface area contributed by atoms with Crippen LogP contribution in [-0.2, 0) is 6.54 Å². The summed E-state index contributed by atoms with van der Waals surface area (Å²) in [6.45, 7) is 3.91. The number of amides is 2. The maximum atomic E-state index is 12.8. The fraction of sp³-hybridized carbons (Fsp3) is 0.263. The highest BCUT2D eigenvalue weighted by molar-refractivity contribution is 5.95. The lowest BCUT2D eigenvalue weighted by atomic mass is 10.1. The minimum Gasteiger partial charge on any atom is -0.478 e. The van der Waals surface area contributed by atoms with E-state index in [0.29, 0.717) is 25.3 Å². The number of anilines is 1. The van der Waals surface area contributed by atoms with Gasteiger partial charge in [0.05, 0.1) is 5.56 Å². The van der Waals surface area contributed by atoms with Crippen molar-refractivity contribution in [1.29, 1.82) is 0 Å². The molecule has 24 heavy (non-hydrogen) atoms. The summed E-state index contributed by atoms with van der Waals surface area (Å²) in [7, 11) is 0. The number of carbonyl (C=O) groups excluding carboxylic acids is 1. The van der Waals surface area contributed by atoms with E-state index in [9.17, 15) is 9.59 Å². The van der Waals surface area contributed by atoms with E-state index < -0.39 is 5.97 Å². The van der Waals surface area contributed by atoms with E-state index in [2.05, 4.69) is 0 Å². The van der Waals surface area contributed by atoms with Crippen molar-refractivity contribution in [1.82, 2.24) is 4.90 Å². The SMILES string of the molecule is Cc1ccc(CN2CCCN(c3cccc(C(=O)O)c3)C2=O)cc1. The zero-order valence-corrected chi connectivity index (χ0v) is 13.6. The van der Waals surface area contributed by atoms with Crippen LogP contribution in [0.1, 0.15) is 27.9 Å². The fourth-order valence-corrected chi connectivity index (χ4v) is 2.89. The summed E-state index contributed by atoms with van der Waals surface area (Å²) in [6.07, 6.45) is 0.856. The monoisotopic (exact) mass is 324 g/mol. The fourth-order valence-electron chi connectivity index (χ4n) is 2.89. The smallest absolute Gasteiger partial charge is 0.335 e. The van der Waals surface area contributed by atoms with Crippen molar-refractivity contribution >= 4 is 17.7 Å². The third kappa shape index (κ3) is 3.40. The molecule has 0 saturated carbocycles. The third-order valence-electron chi connectivity index (χ3n) is 4.21. The highest BCUT2D eigenvalue weighted by atomic mass is 16.4. The van der Waals surface area contributed by atoms with Gasteiger partial charge in [-0.1, -0.05) is 35.9 Å². The molecule has 2 aromatic carbocycles. The number of hydrogen-bond acceptors (Lipinski definition) is 2. The highest BCUT2D eigenvalue weighted by Crippen LogP contribution is 2.22. The molecule has 3 rings (SSSR count). The van der Waals surface area contributed by atoms with E-state index in [0.717, 1.165) is 12.0 Å². The van der Waals surface area contributed by atoms with Gasteiger partial charge in [-0.15, -0.1) is 0 Å². The molecule has 2 amide bonds. The largest absolute Gasteiger partial charge is 0.478 e. The third-order valence-corrected chi connectivity index (χ3v) is 4.21. The zero-order chi connectivity index (χ0) is 17.1. The molecule has 0 unspecified atom stereocenters. The average Bonchev–Trinajstić information content (AvgIpc) is 2.59. The molecule has 1 saturated heterocycles. The molecule has 0 aliphatic carbocycles. The Morgan fingerprint density at radius 3 is 2.58 bits per heavy atom. The number of rotatable bonds is 4. The summed E-state index contributed by atoms with van der Waals surface area (Å²) < 4.78 is 0. The first-order chi connectivity index (χ1) is 11.5. The Hall–Kier alpha value is -2.82. The molecular weight excluding hydrogens is 304 g/mol. The van der Waals surface area contributed by atoms with Crippen molar-refractivity contribution in [2.24, 2.45) is 0 Å². The summed E-state index contributed by atoms with van der Waals surface area (Å²) >= 11 is 0. The van der Waals surface area contributed by atoms with E-state index in [1.54, 1.807) is 23.1 Å². The van der Waals surface area contributed by atoms with Gasteiger partial charge in [0.1, 0.15) is 0 Å². The van der Waals surface area contributed by atoms with Crippen LogP contribution in [0, 0.1) is 6.92 Å². The number of carbonyl (C=O) groups is 2. The summed E-state index contributed by atoms with van der Waals surface area (Å²) in [4.78, 5) is 27.4. The second-order valence-corrected chi connectivity index (χ2v) is 6.05. The lowest BCUT2D eigenvalue weighted by Crippen LogP contribution is -2.49. The minimum absolute atomic E-state index is 0.0793. The summed E-state index contributed by atoms with van der Waals surface area (Å²) in [5, 5.41) is 9.13. The number of hydrogen-bond donors (Lipinski definition) is 1. The molecule has 0 radical (unpaired) electrons. The molecule has 1 N–H and O–H groups in total. The predicted octanol–water partition coefficient (Wildman–Crippen LogP) is 3.53. The normalized spacial score (nSPS) is 14.8. The van der Waals surface area contributed by atoms with Crippen molar-refractivity contribution in [2.75, 3.05) is 18.0 Å². The maximum Gasteiger partial charge on any atom is 0.335 e. The average molecular weight is 324 g/mol. The van der Waals surface area contributed by atoms with Crippen molar-refractivity contribution in [3.8, 4) is 0 Å². The van der Waals surface area contributed by atoms with Crippen LogP contribution in [-0.4, -0.2) is 35.1 Å². The molecule has 1 fully saturated rings. The Balaban J connectivity index is 1.78. The Bertz CT molecular complexity index is 755. The molecule has 124 valence electrons. The molecule has 1 heterocycles. The van der Waals surface area contributed by atoms with E-state index in [1.807, 2.05) is 36.1 Å². The Morgan fingerprint density at radius 2 is 1.88 bits per heavy atom. The van der Waals surface area contributed by atoms with Gasteiger partial charge in [-0.25, -0.2) is 9.59 Å². The maximum absolute atomic E-state index is 12.8. The number of carboxylic acid groups (broad SMARTS) is 1. The van der Waals surface area contributed by atoms with Crippen LogP contribution < -0.4 is 4.90 Å². The first-order valence-corrected chi connectivity index (χ1v) is 8.00. The summed E-state index contributed by atoms with van der Waals surface area (Å²) in [6, 6.07) is 14.6. The van der Waals surface area contributed by atoms with Gasteiger partial charge in [0.25, 0.3) is 0 Å². The van der Waals surface area contributed by atoms with Crippen molar-refractivity contribution < 1.29 is 14.7 Å². The van der Waals surface area contributed by atoms with Gasteiger partial charge in [0.2, 0.25) is 0 Å². The number of benzene rings is 2. The van der Waals surface area contributed by atoms with Gasteiger partial charge >= 0.3 is 12.0 Å². The van der Waals surface area contributed by atoms with Crippen LogP contribution in [0.15, 0.2) is 48.5 Å². The molecule has 1 aliphatic rings. The van der Waals surface area contributed by atoms with Gasteiger partial charge in [-0.05, 0) is 37.1 Å². The lowest BCUT2D eigenvalue weighted by Gasteiger charge is -2.35. The number of aryl methyl sites for hydroxylation is 1. The lowest BCUT2D eigenvalue weighted by molar-refractivity contribution is 0.0697. The van der Waals surface area contributed by atoms with Crippen molar-refractivity contribution in [3.05, 3.63) is 65.2 Å². The molecule has 0 atom stereocenters. The molecule has 2 aromatic rings. The quantitative estimate of drug-likeness (QED) is 0.936. The van der Waals surface area contributed by atoms with Gasteiger partial charge in [0, 0.05) is 25.3 Å². The van der Waals surface area contributed by atoms with E-state index in [1.165, 1.54) is 11.6 Å². The molecule has 0 bridgehead atoms.